The Labute approximate surface area is 89.6 Å². The van der Waals surface area contributed by atoms with Crippen LogP contribution in [0.3, 0.4) is 0 Å². The minimum atomic E-state index is -0.383. The van der Waals surface area contributed by atoms with Crippen molar-refractivity contribution in [2.75, 3.05) is 18.6 Å². The third-order valence-electron chi connectivity index (χ3n) is 2.64. The average Bonchev–Trinajstić information content (AvgIpc) is 2.08. The van der Waals surface area contributed by atoms with Gasteiger partial charge in [0.2, 0.25) is 5.91 Å². The molecular weight excluding hydrogens is 198 g/mol. The number of amides is 1. The number of aliphatic hydroxyl groups excluding tert-OH is 1. The van der Waals surface area contributed by atoms with Gasteiger partial charge in [0.05, 0.1) is 6.10 Å². The third kappa shape index (κ3) is 3.88. The van der Waals surface area contributed by atoms with Gasteiger partial charge in [0, 0.05) is 12.5 Å². The zero-order chi connectivity index (χ0) is 10.4. The van der Waals surface area contributed by atoms with E-state index in [-0.39, 0.29) is 17.9 Å². The Balaban J connectivity index is 2.03. The van der Waals surface area contributed by atoms with Crippen LogP contribution in [-0.4, -0.2) is 35.7 Å². The van der Waals surface area contributed by atoms with E-state index >= 15 is 0 Å². The topological polar surface area (TPSA) is 49.3 Å². The van der Waals surface area contributed by atoms with Gasteiger partial charge in [0.1, 0.15) is 0 Å². The molecule has 1 saturated carbocycles. The highest BCUT2D eigenvalue weighted by atomic mass is 32.2. The molecule has 0 aromatic heterocycles. The summed E-state index contributed by atoms with van der Waals surface area (Å²) in [5.41, 5.74) is 0. The third-order valence-corrected chi connectivity index (χ3v) is 3.29. The molecule has 1 rings (SSSR count). The van der Waals surface area contributed by atoms with Gasteiger partial charge in [0.25, 0.3) is 0 Å². The van der Waals surface area contributed by atoms with Crippen LogP contribution >= 0.6 is 11.8 Å². The Kier molecular flexibility index (Phi) is 5.33. The van der Waals surface area contributed by atoms with E-state index in [4.69, 9.17) is 0 Å². The molecule has 1 unspecified atom stereocenters. The number of nitrogens with one attached hydrogen (secondary N) is 1. The molecule has 0 radical (unpaired) electrons. The molecule has 0 aromatic rings. The summed E-state index contributed by atoms with van der Waals surface area (Å²) in [5.74, 6) is 1.29. The number of aliphatic hydroxyl groups is 1. The number of hydrogen-bond acceptors (Lipinski definition) is 3. The SMILES string of the molecule is CSCCC(O)CNC(=O)C1CCC1. The molecular formula is C10H19NO2S. The molecule has 0 aromatic carbocycles. The number of carbonyl (C=O) groups is 1. The van der Waals surface area contributed by atoms with E-state index in [1.54, 1.807) is 11.8 Å². The predicted molar refractivity (Wildman–Crippen MR) is 59.4 cm³/mol. The first-order valence-corrected chi connectivity index (χ1v) is 6.58. The molecule has 82 valence electrons. The molecule has 2 N–H and O–H groups in total. The smallest absolute Gasteiger partial charge is 0.223 e. The molecule has 1 aliphatic carbocycles. The van der Waals surface area contributed by atoms with Crippen molar-refractivity contribution in [3.8, 4) is 0 Å². The van der Waals surface area contributed by atoms with Crippen LogP contribution in [0.5, 0.6) is 0 Å². The van der Waals surface area contributed by atoms with Gasteiger partial charge in [-0.2, -0.15) is 11.8 Å². The van der Waals surface area contributed by atoms with Crippen molar-refractivity contribution in [2.24, 2.45) is 5.92 Å². The van der Waals surface area contributed by atoms with Crippen molar-refractivity contribution in [1.29, 1.82) is 0 Å². The number of hydrogen-bond donors (Lipinski definition) is 2. The number of rotatable bonds is 6. The Morgan fingerprint density at radius 3 is 2.86 bits per heavy atom. The van der Waals surface area contributed by atoms with Gasteiger partial charge in [-0.25, -0.2) is 0 Å². The van der Waals surface area contributed by atoms with E-state index in [1.165, 1.54) is 6.42 Å². The Hall–Kier alpha value is -0.220. The van der Waals surface area contributed by atoms with Gasteiger partial charge in [-0.3, -0.25) is 4.79 Å². The van der Waals surface area contributed by atoms with Gasteiger partial charge in [-0.15, -0.1) is 0 Å². The lowest BCUT2D eigenvalue weighted by Crippen LogP contribution is -2.38. The molecule has 0 aliphatic heterocycles. The van der Waals surface area contributed by atoms with Crippen LogP contribution in [0, 0.1) is 5.92 Å². The normalized spacial score (nSPS) is 18.7. The van der Waals surface area contributed by atoms with Crippen LogP contribution in [0.1, 0.15) is 25.7 Å². The van der Waals surface area contributed by atoms with E-state index < -0.39 is 0 Å². The second-order valence-electron chi connectivity index (χ2n) is 3.81. The monoisotopic (exact) mass is 217 g/mol. The van der Waals surface area contributed by atoms with Crippen LogP contribution < -0.4 is 5.32 Å². The second-order valence-corrected chi connectivity index (χ2v) is 4.79. The molecule has 1 fully saturated rings. The molecule has 0 saturated heterocycles. The second kappa shape index (κ2) is 6.30. The van der Waals surface area contributed by atoms with E-state index in [0.29, 0.717) is 6.54 Å². The summed E-state index contributed by atoms with van der Waals surface area (Å²) < 4.78 is 0. The minimum Gasteiger partial charge on any atom is -0.391 e. The summed E-state index contributed by atoms with van der Waals surface area (Å²) in [4.78, 5) is 11.4. The van der Waals surface area contributed by atoms with E-state index in [0.717, 1.165) is 25.0 Å². The first-order valence-electron chi connectivity index (χ1n) is 5.18. The molecule has 1 aliphatic rings. The molecule has 1 amide bonds. The average molecular weight is 217 g/mol. The lowest BCUT2D eigenvalue weighted by atomic mass is 9.85. The summed E-state index contributed by atoms with van der Waals surface area (Å²) >= 11 is 1.71. The zero-order valence-corrected chi connectivity index (χ0v) is 9.48. The fourth-order valence-electron chi connectivity index (χ4n) is 1.39. The molecule has 3 nitrogen and oxygen atoms in total. The van der Waals surface area contributed by atoms with Crippen molar-refractivity contribution in [3.05, 3.63) is 0 Å². The summed E-state index contributed by atoms with van der Waals surface area (Å²) in [6, 6.07) is 0. The van der Waals surface area contributed by atoms with Crippen LogP contribution in [0.25, 0.3) is 0 Å². The number of carbonyl (C=O) groups excluding carboxylic acids is 1. The van der Waals surface area contributed by atoms with Gasteiger partial charge in [-0.1, -0.05) is 6.42 Å². The Bertz CT molecular complexity index is 183. The molecule has 1 atom stereocenters. The molecule has 4 heteroatoms. The summed E-state index contributed by atoms with van der Waals surface area (Å²) in [6.45, 7) is 0.413. The Morgan fingerprint density at radius 2 is 2.36 bits per heavy atom. The van der Waals surface area contributed by atoms with Gasteiger partial charge in [0.15, 0.2) is 0 Å². The summed E-state index contributed by atoms with van der Waals surface area (Å²) in [7, 11) is 0. The quantitative estimate of drug-likeness (QED) is 0.698. The molecule has 0 spiro atoms. The largest absolute Gasteiger partial charge is 0.391 e. The summed E-state index contributed by atoms with van der Waals surface area (Å²) in [6.07, 6.45) is 5.60. The highest BCUT2D eigenvalue weighted by Crippen LogP contribution is 2.26. The van der Waals surface area contributed by atoms with E-state index in [9.17, 15) is 9.90 Å². The summed E-state index contributed by atoms with van der Waals surface area (Å²) in [5, 5.41) is 12.3. The zero-order valence-electron chi connectivity index (χ0n) is 8.66. The van der Waals surface area contributed by atoms with Crippen molar-refractivity contribution < 1.29 is 9.90 Å². The lowest BCUT2D eigenvalue weighted by Gasteiger charge is -2.24. The lowest BCUT2D eigenvalue weighted by molar-refractivity contribution is -0.127. The molecule has 14 heavy (non-hydrogen) atoms. The van der Waals surface area contributed by atoms with Gasteiger partial charge in [-0.05, 0) is 31.3 Å². The maximum absolute atomic E-state index is 11.4. The standard InChI is InChI=1S/C10H19NO2S/c1-14-6-5-9(12)7-11-10(13)8-3-2-4-8/h8-9,12H,2-7H2,1H3,(H,11,13). The van der Waals surface area contributed by atoms with Crippen molar-refractivity contribution in [3.63, 3.8) is 0 Å². The van der Waals surface area contributed by atoms with E-state index in [2.05, 4.69) is 5.32 Å². The van der Waals surface area contributed by atoms with E-state index in [1.807, 2.05) is 6.26 Å². The first kappa shape index (κ1) is 11.9. The van der Waals surface area contributed by atoms with Crippen molar-refractivity contribution in [1.82, 2.24) is 5.32 Å². The maximum atomic E-state index is 11.4. The highest BCUT2D eigenvalue weighted by molar-refractivity contribution is 7.98. The first-order chi connectivity index (χ1) is 6.74. The van der Waals surface area contributed by atoms with Crippen LogP contribution in [0.2, 0.25) is 0 Å². The molecule has 0 heterocycles. The van der Waals surface area contributed by atoms with Crippen LogP contribution in [-0.2, 0) is 4.79 Å². The van der Waals surface area contributed by atoms with Gasteiger partial charge >= 0.3 is 0 Å². The van der Waals surface area contributed by atoms with Crippen molar-refractivity contribution in [2.45, 2.75) is 31.8 Å². The fourth-order valence-corrected chi connectivity index (χ4v) is 1.90. The van der Waals surface area contributed by atoms with Gasteiger partial charge < -0.3 is 10.4 Å². The molecule has 0 bridgehead atoms. The highest BCUT2D eigenvalue weighted by Gasteiger charge is 2.25. The minimum absolute atomic E-state index is 0.124. The fraction of sp³-hybridized carbons (Fsp3) is 0.900. The maximum Gasteiger partial charge on any atom is 0.223 e. The Morgan fingerprint density at radius 1 is 1.64 bits per heavy atom. The van der Waals surface area contributed by atoms with Crippen LogP contribution in [0.4, 0.5) is 0 Å². The van der Waals surface area contributed by atoms with Crippen LogP contribution in [0.15, 0.2) is 0 Å². The van der Waals surface area contributed by atoms with Crippen molar-refractivity contribution >= 4 is 17.7 Å². The number of thioether (sulfide) groups is 1. The predicted octanol–water partition coefficient (Wildman–Crippen LogP) is 1.02.